The summed E-state index contributed by atoms with van der Waals surface area (Å²) in [7, 11) is 1.68. The van der Waals surface area contributed by atoms with Gasteiger partial charge in [0.1, 0.15) is 18.1 Å². The molecule has 1 N–H and O–H groups in total. The molecule has 0 bridgehead atoms. The number of ether oxygens (including phenoxy) is 2. The standard InChI is InChI=1S/C16H22N2O2S/c1-4-7-17-9-13-8-14(19-3)5-6-16(13)20-11-15-10-18-12(2)21-15/h5-6,8,10,17H,4,7,9,11H2,1-3H3. The molecular formula is C16H22N2O2S. The largest absolute Gasteiger partial charge is 0.497 e. The Morgan fingerprint density at radius 2 is 2.19 bits per heavy atom. The Hall–Kier alpha value is -1.59. The van der Waals surface area contributed by atoms with Gasteiger partial charge >= 0.3 is 0 Å². The molecule has 0 saturated heterocycles. The van der Waals surface area contributed by atoms with E-state index in [1.807, 2.05) is 31.3 Å². The summed E-state index contributed by atoms with van der Waals surface area (Å²) in [5.41, 5.74) is 1.11. The van der Waals surface area contributed by atoms with E-state index in [4.69, 9.17) is 9.47 Å². The predicted molar refractivity (Wildman–Crippen MR) is 86.2 cm³/mol. The number of hydrogen-bond donors (Lipinski definition) is 1. The van der Waals surface area contributed by atoms with Gasteiger partial charge in [-0.3, -0.25) is 0 Å². The molecule has 0 aliphatic rings. The first-order valence-corrected chi connectivity index (χ1v) is 7.96. The van der Waals surface area contributed by atoms with E-state index < -0.39 is 0 Å². The van der Waals surface area contributed by atoms with Gasteiger partial charge in [-0.25, -0.2) is 4.98 Å². The summed E-state index contributed by atoms with van der Waals surface area (Å²) in [5.74, 6) is 1.75. The highest BCUT2D eigenvalue weighted by molar-refractivity contribution is 7.11. The molecule has 0 saturated carbocycles. The van der Waals surface area contributed by atoms with Crippen LogP contribution < -0.4 is 14.8 Å². The molecule has 21 heavy (non-hydrogen) atoms. The number of benzene rings is 1. The molecular weight excluding hydrogens is 284 g/mol. The lowest BCUT2D eigenvalue weighted by atomic mass is 10.2. The SMILES string of the molecule is CCCNCc1cc(OC)ccc1OCc1cnc(C)s1. The third kappa shape index (κ3) is 4.72. The second kappa shape index (κ2) is 8.00. The zero-order chi connectivity index (χ0) is 15.1. The van der Waals surface area contributed by atoms with Crippen molar-refractivity contribution in [2.75, 3.05) is 13.7 Å². The first-order valence-electron chi connectivity index (χ1n) is 7.14. The summed E-state index contributed by atoms with van der Waals surface area (Å²) < 4.78 is 11.2. The lowest BCUT2D eigenvalue weighted by Gasteiger charge is -2.13. The molecule has 1 heterocycles. The van der Waals surface area contributed by atoms with Crippen molar-refractivity contribution in [3.8, 4) is 11.5 Å². The lowest BCUT2D eigenvalue weighted by Crippen LogP contribution is -2.14. The number of aromatic nitrogens is 1. The lowest BCUT2D eigenvalue weighted by molar-refractivity contribution is 0.304. The van der Waals surface area contributed by atoms with Crippen molar-refractivity contribution in [1.29, 1.82) is 0 Å². The van der Waals surface area contributed by atoms with Crippen molar-refractivity contribution in [3.63, 3.8) is 0 Å². The van der Waals surface area contributed by atoms with Gasteiger partial charge in [0.2, 0.25) is 0 Å². The zero-order valence-electron chi connectivity index (χ0n) is 12.8. The van der Waals surface area contributed by atoms with Crippen LogP contribution in [0.15, 0.2) is 24.4 Å². The number of methoxy groups -OCH3 is 1. The molecule has 0 unspecified atom stereocenters. The van der Waals surface area contributed by atoms with Gasteiger partial charge in [0.05, 0.1) is 17.0 Å². The molecule has 4 nitrogen and oxygen atoms in total. The highest BCUT2D eigenvalue weighted by Crippen LogP contribution is 2.25. The minimum absolute atomic E-state index is 0.554. The van der Waals surface area contributed by atoms with Crippen molar-refractivity contribution >= 4 is 11.3 Å². The van der Waals surface area contributed by atoms with Gasteiger partial charge in [-0.1, -0.05) is 6.92 Å². The van der Waals surface area contributed by atoms with Crippen molar-refractivity contribution in [3.05, 3.63) is 39.8 Å². The molecule has 0 radical (unpaired) electrons. The van der Waals surface area contributed by atoms with Crippen LogP contribution >= 0.6 is 11.3 Å². The van der Waals surface area contributed by atoms with Crippen LogP contribution in [-0.4, -0.2) is 18.6 Å². The summed E-state index contributed by atoms with van der Waals surface area (Å²) in [5, 5.41) is 4.46. The third-order valence-electron chi connectivity index (χ3n) is 3.05. The van der Waals surface area contributed by atoms with Crippen molar-refractivity contribution in [2.45, 2.75) is 33.4 Å². The fraction of sp³-hybridized carbons (Fsp3) is 0.438. The van der Waals surface area contributed by atoms with Crippen molar-refractivity contribution < 1.29 is 9.47 Å². The molecule has 0 spiro atoms. The minimum Gasteiger partial charge on any atom is -0.497 e. The van der Waals surface area contributed by atoms with E-state index in [9.17, 15) is 0 Å². The van der Waals surface area contributed by atoms with Crippen LogP contribution in [0.1, 0.15) is 28.8 Å². The number of rotatable bonds is 8. The summed E-state index contributed by atoms with van der Waals surface area (Å²) in [6, 6.07) is 5.92. The van der Waals surface area contributed by atoms with E-state index in [1.54, 1.807) is 18.4 Å². The van der Waals surface area contributed by atoms with Gasteiger partial charge in [0.15, 0.2) is 0 Å². The molecule has 0 fully saturated rings. The molecule has 2 rings (SSSR count). The third-order valence-corrected chi connectivity index (χ3v) is 3.94. The van der Waals surface area contributed by atoms with Gasteiger partial charge in [0, 0.05) is 18.3 Å². The quantitative estimate of drug-likeness (QED) is 0.758. The number of nitrogens with zero attached hydrogens (tertiary/aromatic N) is 1. The van der Waals surface area contributed by atoms with Crippen LogP contribution in [0, 0.1) is 6.92 Å². The normalized spacial score (nSPS) is 10.6. The molecule has 1 aromatic heterocycles. The average molecular weight is 306 g/mol. The maximum atomic E-state index is 5.94. The number of aryl methyl sites for hydroxylation is 1. The molecule has 0 amide bonds. The van der Waals surface area contributed by atoms with Gasteiger partial charge in [-0.2, -0.15) is 0 Å². The molecule has 2 aromatic rings. The smallest absolute Gasteiger partial charge is 0.124 e. The van der Waals surface area contributed by atoms with E-state index in [0.717, 1.165) is 46.5 Å². The molecule has 0 atom stereocenters. The van der Waals surface area contributed by atoms with E-state index in [0.29, 0.717) is 6.61 Å². The molecule has 1 aromatic carbocycles. The van der Waals surface area contributed by atoms with Crippen LogP contribution in [-0.2, 0) is 13.2 Å². The molecule has 0 aliphatic carbocycles. The molecule has 0 aliphatic heterocycles. The van der Waals surface area contributed by atoms with E-state index in [-0.39, 0.29) is 0 Å². The Bertz CT molecular complexity index is 569. The highest BCUT2D eigenvalue weighted by Gasteiger charge is 2.07. The second-order valence-corrected chi connectivity index (χ2v) is 6.10. The predicted octanol–water partition coefficient (Wildman–Crippen LogP) is 3.54. The maximum Gasteiger partial charge on any atom is 0.124 e. The monoisotopic (exact) mass is 306 g/mol. The molecule has 5 heteroatoms. The highest BCUT2D eigenvalue weighted by atomic mass is 32.1. The van der Waals surface area contributed by atoms with Gasteiger partial charge in [0.25, 0.3) is 0 Å². The minimum atomic E-state index is 0.554. The maximum absolute atomic E-state index is 5.94. The van der Waals surface area contributed by atoms with Crippen LogP contribution in [0.2, 0.25) is 0 Å². The summed E-state index contributed by atoms with van der Waals surface area (Å²) in [6.07, 6.45) is 2.98. The van der Waals surface area contributed by atoms with Crippen LogP contribution in [0.3, 0.4) is 0 Å². The Kier molecular flexibility index (Phi) is 6.02. The number of nitrogens with one attached hydrogen (secondary N) is 1. The van der Waals surface area contributed by atoms with Crippen LogP contribution in [0.4, 0.5) is 0 Å². The van der Waals surface area contributed by atoms with E-state index >= 15 is 0 Å². The zero-order valence-corrected chi connectivity index (χ0v) is 13.6. The topological polar surface area (TPSA) is 43.4 Å². The van der Waals surface area contributed by atoms with Crippen molar-refractivity contribution in [2.24, 2.45) is 0 Å². The van der Waals surface area contributed by atoms with E-state index in [2.05, 4.69) is 17.2 Å². The first kappa shape index (κ1) is 15.8. The fourth-order valence-corrected chi connectivity index (χ4v) is 2.69. The first-order chi connectivity index (χ1) is 10.2. The van der Waals surface area contributed by atoms with Crippen molar-refractivity contribution in [1.82, 2.24) is 10.3 Å². The Morgan fingerprint density at radius 3 is 2.86 bits per heavy atom. The number of hydrogen-bond acceptors (Lipinski definition) is 5. The summed E-state index contributed by atoms with van der Waals surface area (Å²) in [4.78, 5) is 5.38. The fourth-order valence-electron chi connectivity index (χ4n) is 1.98. The van der Waals surface area contributed by atoms with Crippen LogP contribution in [0.5, 0.6) is 11.5 Å². The van der Waals surface area contributed by atoms with Gasteiger partial charge < -0.3 is 14.8 Å². The Balaban J connectivity index is 2.05. The molecule has 114 valence electrons. The van der Waals surface area contributed by atoms with Gasteiger partial charge in [-0.05, 0) is 38.1 Å². The summed E-state index contributed by atoms with van der Waals surface area (Å²) in [6.45, 7) is 6.48. The summed E-state index contributed by atoms with van der Waals surface area (Å²) >= 11 is 1.67. The van der Waals surface area contributed by atoms with Gasteiger partial charge in [-0.15, -0.1) is 11.3 Å². The van der Waals surface area contributed by atoms with E-state index in [1.165, 1.54) is 0 Å². The van der Waals surface area contributed by atoms with Crippen LogP contribution in [0.25, 0.3) is 0 Å². The Labute approximate surface area is 130 Å². The number of thiazole rings is 1. The Morgan fingerprint density at radius 1 is 1.33 bits per heavy atom. The second-order valence-electron chi connectivity index (χ2n) is 4.78. The average Bonchev–Trinajstić information content (AvgIpc) is 2.91.